The first kappa shape index (κ1) is 11.0. The van der Waals surface area contributed by atoms with Crippen molar-refractivity contribution >= 4 is 0 Å². The van der Waals surface area contributed by atoms with E-state index in [-0.39, 0.29) is 0 Å². The molecule has 0 amide bonds. The zero-order chi connectivity index (χ0) is 10.2. The summed E-state index contributed by atoms with van der Waals surface area (Å²) < 4.78 is 5.37. The molecule has 1 aromatic rings. The van der Waals surface area contributed by atoms with Crippen LogP contribution in [0, 0.1) is 0 Å². The lowest BCUT2D eigenvalue weighted by molar-refractivity contribution is 0.107. The maximum atomic E-state index is 9.45. The van der Waals surface area contributed by atoms with Gasteiger partial charge in [0.2, 0.25) is 0 Å². The summed E-state index contributed by atoms with van der Waals surface area (Å²) in [5, 5.41) is 12.5. The number of para-hydroxylation sites is 1. The van der Waals surface area contributed by atoms with Crippen LogP contribution < -0.4 is 10.1 Å². The number of hydrogen-bond acceptors (Lipinski definition) is 3. The lowest BCUT2D eigenvalue weighted by Crippen LogP contribution is -2.31. The number of rotatable bonds is 6. The van der Waals surface area contributed by atoms with Crippen molar-refractivity contribution in [2.45, 2.75) is 13.0 Å². The Morgan fingerprint density at radius 1 is 1.36 bits per heavy atom. The molecule has 0 spiro atoms. The van der Waals surface area contributed by atoms with Crippen LogP contribution in [0.2, 0.25) is 0 Å². The van der Waals surface area contributed by atoms with E-state index in [1.165, 1.54) is 0 Å². The fraction of sp³-hybridized carbons (Fsp3) is 0.455. The third-order valence-electron chi connectivity index (χ3n) is 1.82. The summed E-state index contributed by atoms with van der Waals surface area (Å²) in [5.74, 6) is 0.794. The SMILES string of the molecule is CCNC[C@H](O)COc1ccccc1. The molecule has 1 aromatic carbocycles. The highest BCUT2D eigenvalue weighted by Crippen LogP contribution is 2.08. The summed E-state index contributed by atoms with van der Waals surface area (Å²) in [6.07, 6.45) is -0.449. The van der Waals surface area contributed by atoms with Crippen LogP contribution in [0.4, 0.5) is 0 Å². The van der Waals surface area contributed by atoms with Gasteiger partial charge < -0.3 is 15.2 Å². The van der Waals surface area contributed by atoms with Gasteiger partial charge in [-0.2, -0.15) is 0 Å². The minimum absolute atomic E-state index is 0.330. The van der Waals surface area contributed by atoms with Gasteiger partial charge in [0.15, 0.2) is 0 Å². The van der Waals surface area contributed by atoms with Crippen molar-refractivity contribution in [2.24, 2.45) is 0 Å². The average Bonchev–Trinajstić information content (AvgIpc) is 2.25. The molecule has 1 rings (SSSR count). The van der Waals surface area contributed by atoms with Gasteiger partial charge in [0.05, 0.1) is 0 Å². The molecule has 0 fully saturated rings. The summed E-state index contributed by atoms with van der Waals surface area (Å²) in [4.78, 5) is 0. The Bertz CT molecular complexity index is 238. The topological polar surface area (TPSA) is 41.5 Å². The zero-order valence-electron chi connectivity index (χ0n) is 8.44. The predicted octanol–water partition coefficient (Wildman–Crippen LogP) is 1.04. The molecule has 0 saturated heterocycles. The molecule has 0 aliphatic heterocycles. The molecule has 0 radical (unpaired) electrons. The first-order valence-electron chi connectivity index (χ1n) is 4.89. The van der Waals surface area contributed by atoms with E-state index in [0.717, 1.165) is 12.3 Å². The van der Waals surface area contributed by atoms with E-state index in [1.54, 1.807) is 0 Å². The van der Waals surface area contributed by atoms with E-state index in [1.807, 2.05) is 37.3 Å². The molecular formula is C11H17NO2. The fourth-order valence-electron chi connectivity index (χ4n) is 1.08. The molecule has 14 heavy (non-hydrogen) atoms. The molecule has 0 aliphatic rings. The Hall–Kier alpha value is -1.06. The second kappa shape index (κ2) is 6.40. The van der Waals surface area contributed by atoms with Gasteiger partial charge in [-0.05, 0) is 18.7 Å². The van der Waals surface area contributed by atoms with Gasteiger partial charge in [-0.15, -0.1) is 0 Å². The summed E-state index contributed by atoms with van der Waals surface area (Å²) >= 11 is 0. The van der Waals surface area contributed by atoms with Gasteiger partial charge in [-0.3, -0.25) is 0 Å². The Morgan fingerprint density at radius 2 is 2.07 bits per heavy atom. The monoisotopic (exact) mass is 195 g/mol. The minimum atomic E-state index is -0.449. The Kier molecular flexibility index (Phi) is 5.04. The summed E-state index contributed by atoms with van der Waals surface area (Å²) in [6.45, 7) is 3.77. The van der Waals surface area contributed by atoms with E-state index >= 15 is 0 Å². The molecule has 0 saturated carbocycles. The fourth-order valence-corrected chi connectivity index (χ4v) is 1.08. The predicted molar refractivity (Wildman–Crippen MR) is 56.5 cm³/mol. The van der Waals surface area contributed by atoms with Crippen molar-refractivity contribution in [3.8, 4) is 5.75 Å². The standard InChI is InChI=1S/C11H17NO2/c1-2-12-8-10(13)9-14-11-6-4-3-5-7-11/h3-7,10,12-13H,2,8-9H2,1H3/t10-/m0/s1. The number of benzene rings is 1. The van der Waals surface area contributed by atoms with Crippen LogP contribution in [-0.2, 0) is 0 Å². The highest BCUT2D eigenvalue weighted by Gasteiger charge is 2.03. The van der Waals surface area contributed by atoms with Crippen LogP contribution in [0.1, 0.15) is 6.92 Å². The molecule has 0 unspecified atom stereocenters. The van der Waals surface area contributed by atoms with Gasteiger partial charge in [0, 0.05) is 6.54 Å². The Morgan fingerprint density at radius 3 is 2.71 bits per heavy atom. The van der Waals surface area contributed by atoms with Crippen LogP contribution in [0.3, 0.4) is 0 Å². The number of nitrogens with one attached hydrogen (secondary N) is 1. The first-order chi connectivity index (χ1) is 6.83. The van der Waals surface area contributed by atoms with Crippen LogP contribution in [0.15, 0.2) is 30.3 Å². The molecule has 0 heterocycles. The van der Waals surface area contributed by atoms with Gasteiger partial charge in [-0.25, -0.2) is 0 Å². The van der Waals surface area contributed by atoms with Crippen molar-refractivity contribution in [1.29, 1.82) is 0 Å². The molecule has 1 atom stereocenters. The molecular weight excluding hydrogens is 178 g/mol. The van der Waals surface area contributed by atoms with Gasteiger partial charge in [0.1, 0.15) is 18.5 Å². The van der Waals surface area contributed by atoms with Crippen molar-refractivity contribution in [3.63, 3.8) is 0 Å². The van der Waals surface area contributed by atoms with Crippen molar-refractivity contribution in [2.75, 3.05) is 19.7 Å². The van der Waals surface area contributed by atoms with E-state index in [4.69, 9.17) is 4.74 Å². The molecule has 0 aliphatic carbocycles. The zero-order valence-corrected chi connectivity index (χ0v) is 8.44. The van der Waals surface area contributed by atoms with Crippen molar-refractivity contribution < 1.29 is 9.84 Å². The number of aliphatic hydroxyl groups excluding tert-OH is 1. The maximum absolute atomic E-state index is 9.45. The van der Waals surface area contributed by atoms with E-state index < -0.39 is 6.10 Å². The van der Waals surface area contributed by atoms with Crippen LogP contribution in [-0.4, -0.2) is 30.9 Å². The largest absolute Gasteiger partial charge is 0.491 e. The Labute approximate surface area is 84.7 Å². The van der Waals surface area contributed by atoms with Crippen LogP contribution >= 0.6 is 0 Å². The van der Waals surface area contributed by atoms with Gasteiger partial charge in [0.25, 0.3) is 0 Å². The second-order valence-corrected chi connectivity index (χ2v) is 3.09. The highest BCUT2D eigenvalue weighted by molar-refractivity contribution is 5.20. The van der Waals surface area contributed by atoms with E-state index in [9.17, 15) is 5.11 Å². The number of ether oxygens (including phenoxy) is 1. The molecule has 0 aromatic heterocycles. The maximum Gasteiger partial charge on any atom is 0.119 e. The third kappa shape index (κ3) is 4.25. The second-order valence-electron chi connectivity index (χ2n) is 3.09. The summed E-state index contributed by atoms with van der Waals surface area (Å²) in [6, 6.07) is 9.50. The average molecular weight is 195 g/mol. The molecule has 78 valence electrons. The Balaban J connectivity index is 2.20. The van der Waals surface area contributed by atoms with Crippen LogP contribution in [0.25, 0.3) is 0 Å². The molecule has 3 heteroatoms. The number of aliphatic hydroxyl groups is 1. The third-order valence-corrected chi connectivity index (χ3v) is 1.82. The minimum Gasteiger partial charge on any atom is -0.491 e. The first-order valence-corrected chi connectivity index (χ1v) is 4.89. The van der Waals surface area contributed by atoms with Crippen molar-refractivity contribution in [3.05, 3.63) is 30.3 Å². The lowest BCUT2D eigenvalue weighted by atomic mass is 10.3. The van der Waals surface area contributed by atoms with E-state index in [2.05, 4.69) is 5.32 Å². The normalized spacial score (nSPS) is 12.4. The molecule has 3 nitrogen and oxygen atoms in total. The highest BCUT2D eigenvalue weighted by atomic mass is 16.5. The number of hydrogen-bond donors (Lipinski definition) is 2. The molecule has 2 N–H and O–H groups in total. The summed E-state index contributed by atoms with van der Waals surface area (Å²) in [5.41, 5.74) is 0. The van der Waals surface area contributed by atoms with Crippen molar-refractivity contribution in [1.82, 2.24) is 5.32 Å². The van der Waals surface area contributed by atoms with Gasteiger partial charge >= 0.3 is 0 Å². The van der Waals surface area contributed by atoms with Crippen LogP contribution in [0.5, 0.6) is 5.75 Å². The lowest BCUT2D eigenvalue weighted by Gasteiger charge is -2.12. The quantitative estimate of drug-likeness (QED) is 0.712. The summed E-state index contributed by atoms with van der Waals surface area (Å²) in [7, 11) is 0. The van der Waals surface area contributed by atoms with Gasteiger partial charge in [-0.1, -0.05) is 25.1 Å². The molecule has 0 bridgehead atoms. The smallest absolute Gasteiger partial charge is 0.119 e. The number of likely N-dealkylation sites (N-methyl/N-ethyl adjacent to an activating group) is 1. The van der Waals surface area contributed by atoms with E-state index in [0.29, 0.717) is 13.2 Å².